The van der Waals surface area contributed by atoms with Crippen LogP contribution >= 0.6 is 27.3 Å². The van der Waals surface area contributed by atoms with E-state index in [4.69, 9.17) is 0 Å². The molecule has 0 radical (unpaired) electrons. The fourth-order valence-corrected chi connectivity index (χ4v) is 2.88. The van der Waals surface area contributed by atoms with Crippen molar-refractivity contribution in [1.82, 2.24) is 4.98 Å². The number of nitro benzene ring substituents is 1. The second-order valence-corrected chi connectivity index (χ2v) is 5.59. The van der Waals surface area contributed by atoms with Crippen LogP contribution in [0.4, 0.5) is 11.4 Å². The molecule has 2 rings (SSSR count). The normalized spacial score (nSPS) is 10.2. The second-order valence-electron chi connectivity index (χ2n) is 3.90. The number of aromatic nitrogens is 1. The Kier molecular flexibility index (Phi) is 4.86. The summed E-state index contributed by atoms with van der Waals surface area (Å²) in [6.45, 7) is 0.358. The van der Waals surface area contributed by atoms with Gasteiger partial charge in [0.05, 0.1) is 34.5 Å². The van der Waals surface area contributed by atoms with Crippen molar-refractivity contribution in [1.29, 1.82) is 0 Å². The fraction of sp³-hybridized carbons (Fsp3) is 0.167. The molecule has 0 spiro atoms. The average molecular weight is 372 g/mol. The molecule has 1 N–H and O–H groups in total. The van der Waals surface area contributed by atoms with Gasteiger partial charge in [0, 0.05) is 6.07 Å². The molecule has 2 aromatic rings. The minimum atomic E-state index is -0.549. The summed E-state index contributed by atoms with van der Waals surface area (Å²) < 4.78 is 5.30. The van der Waals surface area contributed by atoms with E-state index in [1.165, 1.54) is 36.6 Å². The van der Waals surface area contributed by atoms with Gasteiger partial charge in [-0.1, -0.05) is 0 Å². The number of hydrogen-bond acceptors (Lipinski definition) is 7. The van der Waals surface area contributed by atoms with Gasteiger partial charge in [0.1, 0.15) is 10.3 Å². The van der Waals surface area contributed by atoms with Gasteiger partial charge in [-0.2, -0.15) is 0 Å². The van der Waals surface area contributed by atoms with Crippen molar-refractivity contribution in [3.63, 3.8) is 0 Å². The van der Waals surface area contributed by atoms with Crippen LogP contribution in [0.3, 0.4) is 0 Å². The Hall–Kier alpha value is -2.00. The van der Waals surface area contributed by atoms with E-state index in [2.05, 4.69) is 31.0 Å². The highest BCUT2D eigenvalue weighted by Gasteiger charge is 2.17. The fourth-order valence-electron chi connectivity index (χ4n) is 1.63. The number of esters is 1. The SMILES string of the molecule is COC(=O)c1ccc([N+](=O)[O-])c(NCc2scnc2Br)c1. The lowest BCUT2D eigenvalue weighted by molar-refractivity contribution is -0.384. The molecule has 0 saturated heterocycles. The summed E-state index contributed by atoms with van der Waals surface area (Å²) in [5.41, 5.74) is 2.06. The first-order chi connectivity index (χ1) is 10.0. The summed E-state index contributed by atoms with van der Waals surface area (Å²) >= 11 is 4.70. The molecule has 0 unspecified atom stereocenters. The number of thiazole rings is 1. The molecule has 1 heterocycles. The predicted molar refractivity (Wildman–Crippen MR) is 81.6 cm³/mol. The molecule has 0 saturated carbocycles. The van der Waals surface area contributed by atoms with Crippen LogP contribution in [0.25, 0.3) is 0 Å². The highest BCUT2D eigenvalue weighted by molar-refractivity contribution is 9.10. The van der Waals surface area contributed by atoms with E-state index in [9.17, 15) is 14.9 Å². The van der Waals surface area contributed by atoms with Crippen LogP contribution in [0.5, 0.6) is 0 Å². The lowest BCUT2D eigenvalue weighted by atomic mass is 10.1. The van der Waals surface area contributed by atoms with Crippen molar-refractivity contribution in [2.24, 2.45) is 0 Å². The summed E-state index contributed by atoms with van der Waals surface area (Å²) in [6, 6.07) is 4.03. The summed E-state index contributed by atoms with van der Waals surface area (Å²) in [5.74, 6) is -0.549. The van der Waals surface area contributed by atoms with Crippen LogP contribution in [0.1, 0.15) is 15.2 Å². The zero-order valence-electron chi connectivity index (χ0n) is 10.8. The molecule has 21 heavy (non-hydrogen) atoms. The third kappa shape index (κ3) is 3.56. The number of methoxy groups -OCH3 is 1. The van der Waals surface area contributed by atoms with Crippen LogP contribution in [0.15, 0.2) is 28.3 Å². The largest absolute Gasteiger partial charge is 0.465 e. The van der Waals surface area contributed by atoms with Gasteiger partial charge >= 0.3 is 5.97 Å². The zero-order chi connectivity index (χ0) is 15.4. The van der Waals surface area contributed by atoms with Crippen molar-refractivity contribution >= 4 is 44.6 Å². The number of halogens is 1. The van der Waals surface area contributed by atoms with Crippen LogP contribution in [0, 0.1) is 10.1 Å². The topological polar surface area (TPSA) is 94.4 Å². The lowest BCUT2D eigenvalue weighted by Gasteiger charge is -2.08. The van der Waals surface area contributed by atoms with Gasteiger partial charge in [-0.25, -0.2) is 9.78 Å². The monoisotopic (exact) mass is 371 g/mol. The van der Waals surface area contributed by atoms with Gasteiger partial charge < -0.3 is 10.1 Å². The molecular formula is C12H10BrN3O4S. The lowest BCUT2D eigenvalue weighted by Crippen LogP contribution is -2.06. The van der Waals surface area contributed by atoms with Gasteiger partial charge in [-0.15, -0.1) is 11.3 Å². The van der Waals surface area contributed by atoms with E-state index in [0.29, 0.717) is 11.1 Å². The van der Waals surface area contributed by atoms with Crippen molar-refractivity contribution in [3.05, 3.63) is 48.9 Å². The third-order valence-corrected chi connectivity index (χ3v) is 4.42. The van der Waals surface area contributed by atoms with Crippen molar-refractivity contribution in [2.45, 2.75) is 6.54 Å². The molecule has 1 aromatic carbocycles. The predicted octanol–water partition coefficient (Wildman–Crippen LogP) is 3.21. The summed E-state index contributed by atoms with van der Waals surface area (Å²) in [4.78, 5) is 26.9. The standard InChI is InChI=1S/C12H10BrN3O4S/c1-20-12(17)7-2-3-9(16(18)19)8(4-7)14-5-10-11(13)15-6-21-10/h2-4,6,14H,5H2,1H3. The molecule has 0 fully saturated rings. The molecule has 9 heteroatoms. The number of anilines is 1. The quantitative estimate of drug-likeness (QED) is 0.492. The van der Waals surface area contributed by atoms with Gasteiger partial charge in [0.2, 0.25) is 0 Å². The first-order valence-electron chi connectivity index (χ1n) is 5.71. The minimum Gasteiger partial charge on any atom is -0.465 e. The summed E-state index contributed by atoms with van der Waals surface area (Å²) in [7, 11) is 1.26. The Labute approximate surface area is 132 Å². The van der Waals surface area contributed by atoms with Crippen LogP contribution < -0.4 is 5.32 Å². The first-order valence-corrected chi connectivity index (χ1v) is 7.38. The zero-order valence-corrected chi connectivity index (χ0v) is 13.2. The number of hydrogen-bond donors (Lipinski definition) is 1. The molecule has 0 aliphatic carbocycles. The van der Waals surface area contributed by atoms with Crippen LogP contribution in [-0.4, -0.2) is 23.0 Å². The second kappa shape index (κ2) is 6.64. The number of carbonyl (C=O) groups excluding carboxylic acids is 1. The molecule has 7 nitrogen and oxygen atoms in total. The molecule has 110 valence electrons. The number of nitrogens with zero attached hydrogens (tertiary/aromatic N) is 2. The highest BCUT2D eigenvalue weighted by Crippen LogP contribution is 2.28. The highest BCUT2D eigenvalue weighted by atomic mass is 79.9. The maximum Gasteiger partial charge on any atom is 0.337 e. The summed E-state index contributed by atoms with van der Waals surface area (Å²) in [5, 5.41) is 14.0. The Morgan fingerprint density at radius 1 is 1.57 bits per heavy atom. The Bertz CT molecular complexity index is 689. The minimum absolute atomic E-state index is 0.108. The van der Waals surface area contributed by atoms with E-state index < -0.39 is 10.9 Å². The van der Waals surface area contributed by atoms with E-state index in [-0.39, 0.29) is 16.9 Å². The number of carbonyl (C=O) groups is 1. The molecule has 0 aliphatic rings. The molecule has 0 bridgehead atoms. The molecular weight excluding hydrogens is 362 g/mol. The molecule has 0 amide bonds. The van der Waals surface area contributed by atoms with Crippen LogP contribution in [0.2, 0.25) is 0 Å². The van der Waals surface area contributed by atoms with E-state index in [1.54, 1.807) is 5.51 Å². The maximum absolute atomic E-state index is 11.5. The molecule has 1 aromatic heterocycles. The van der Waals surface area contributed by atoms with E-state index >= 15 is 0 Å². The van der Waals surface area contributed by atoms with Crippen molar-refractivity contribution in [2.75, 3.05) is 12.4 Å². The Morgan fingerprint density at radius 2 is 2.33 bits per heavy atom. The van der Waals surface area contributed by atoms with E-state index in [1.807, 2.05) is 0 Å². The summed E-state index contributed by atoms with van der Waals surface area (Å²) in [6.07, 6.45) is 0. The number of nitrogens with one attached hydrogen (secondary N) is 1. The van der Waals surface area contributed by atoms with Crippen LogP contribution in [-0.2, 0) is 11.3 Å². The average Bonchev–Trinajstić information content (AvgIpc) is 2.89. The number of rotatable bonds is 5. The van der Waals surface area contributed by atoms with Gasteiger partial charge in [0.25, 0.3) is 5.69 Å². The van der Waals surface area contributed by atoms with Gasteiger partial charge in [-0.3, -0.25) is 10.1 Å². The number of benzene rings is 1. The number of ether oxygens (including phenoxy) is 1. The Morgan fingerprint density at radius 3 is 2.90 bits per heavy atom. The molecule has 0 aliphatic heterocycles. The van der Waals surface area contributed by atoms with E-state index in [0.717, 1.165) is 4.88 Å². The third-order valence-electron chi connectivity index (χ3n) is 2.64. The smallest absolute Gasteiger partial charge is 0.337 e. The number of nitro groups is 1. The van der Waals surface area contributed by atoms with Gasteiger partial charge in [0.15, 0.2) is 0 Å². The molecule has 0 atom stereocenters. The maximum atomic E-state index is 11.5. The van der Waals surface area contributed by atoms with Crippen molar-refractivity contribution in [3.8, 4) is 0 Å². The first kappa shape index (κ1) is 15.4. The van der Waals surface area contributed by atoms with Crippen molar-refractivity contribution < 1.29 is 14.5 Å². The van der Waals surface area contributed by atoms with Gasteiger partial charge in [-0.05, 0) is 28.1 Å². The Balaban J connectivity index is 2.28.